The van der Waals surface area contributed by atoms with Crippen molar-refractivity contribution in [3.05, 3.63) is 92.9 Å². The second-order valence-corrected chi connectivity index (χ2v) is 12.5. The zero-order valence-electron chi connectivity index (χ0n) is 21.1. The zero-order valence-corrected chi connectivity index (χ0v) is 25.0. The molecule has 1 N–H and O–H groups in total. The molecule has 0 fully saturated rings. The highest BCUT2D eigenvalue weighted by atomic mass is 79.9. The lowest BCUT2D eigenvalue weighted by atomic mass is 10.1. The first-order valence-corrected chi connectivity index (χ1v) is 14.8. The molecule has 3 aromatic rings. The van der Waals surface area contributed by atoms with E-state index in [1.807, 2.05) is 13.8 Å². The molecule has 202 valence electrons. The minimum absolute atomic E-state index is 0.0296. The van der Waals surface area contributed by atoms with Gasteiger partial charge in [-0.05, 0) is 69.3 Å². The van der Waals surface area contributed by atoms with Gasteiger partial charge in [-0.1, -0.05) is 63.4 Å². The fourth-order valence-electron chi connectivity index (χ4n) is 3.70. The van der Waals surface area contributed by atoms with Gasteiger partial charge in [-0.3, -0.25) is 13.9 Å². The minimum atomic E-state index is -4.13. The number of sulfonamides is 1. The maximum Gasteiger partial charge on any atom is 0.264 e. The maximum atomic E-state index is 13.9. The van der Waals surface area contributed by atoms with Gasteiger partial charge in [0.15, 0.2) is 0 Å². The van der Waals surface area contributed by atoms with Crippen molar-refractivity contribution in [2.45, 2.75) is 44.3 Å². The van der Waals surface area contributed by atoms with E-state index in [0.29, 0.717) is 21.3 Å². The van der Waals surface area contributed by atoms with Crippen molar-refractivity contribution in [1.29, 1.82) is 0 Å². The van der Waals surface area contributed by atoms with E-state index in [1.54, 1.807) is 67.6 Å². The second kappa shape index (κ2) is 13.0. The summed E-state index contributed by atoms with van der Waals surface area (Å²) in [5, 5.41) is 3.46. The van der Waals surface area contributed by atoms with Crippen LogP contribution in [-0.2, 0) is 26.2 Å². The molecule has 3 aromatic carbocycles. The predicted octanol–water partition coefficient (Wildman–Crippen LogP) is 5.89. The van der Waals surface area contributed by atoms with Crippen molar-refractivity contribution in [3.8, 4) is 0 Å². The van der Waals surface area contributed by atoms with E-state index in [1.165, 1.54) is 17.0 Å². The largest absolute Gasteiger partial charge is 0.352 e. The van der Waals surface area contributed by atoms with E-state index in [2.05, 4.69) is 21.2 Å². The quantitative estimate of drug-likeness (QED) is 0.299. The van der Waals surface area contributed by atoms with Crippen LogP contribution in [0.3, 0.4) is 0 Å². The number of anilines is 1. The number of carbonyl (C=O) groups is 2. The van der Waals surface area contributed by atoms with Gasteiger partial charge in [0.1, 0.15) is 12.6 Å². The Morgan fingerprint density at radius 2 is 1.47 bits per heavy atom. The molecule has 1 atom stereocenters. The number of nitrogens with zero attached hydrogens (tertiary/aromatic N) is 2. The summed E-state index contributed by atoms with van der Waals surface area (Å²) >= 11 is 16.1. The standard InChI is InChI=1S/C27H28BrCl2N3O4S/c1-18(2)31-27(35)19(3)32(16-23-24(29)10-7-11-25(23)30)26(34)17-33(21-14-12-20(28)13-15-21)38(36,37)22-8-5-4-6-9-22/h4-15,18-19H,16-17H2,1-3H3,(H,31,35)/t19-/m1/s1. The van der Waals surface area contributed by atoms with Crippen molar-refractivity contribution in [2.75, 3.05) is 10.8 Å². The fraction of sp³-hybridized carbons (Fsp3) is 0.259. The Labute approximate surface area is 241 Å². The van der Waals surface area contributed by atoms with Gasteiger partial charge in [0.25, 0.3) is 10.0 Å². The molecule has 0 saturated carbocycles. The van der Waals surface area contributed by atoms with Crippen molar-refractivity contribution in [2.24, 2.45) is 0 Å². The van der Waals surface area contributed by atoms with Gasteiger partial charge in [-0.15, -0.1) is 0 Å². The average Bonchev–Trinajstić information content (AvgIpc) is 2.87. The molecule has 0 bridgehead atoms. The first kappa shape index (κ1) is 30.0. The normalized spacial score (nSPS) is 12.2. The average molecular weight is 641 g/mol. The third-order valence-corrected chi connectivity index (χ3v) is 8.74. The van der Waals surface area contributed by atoms with Crippen molar-refractivity contribution in [3.63, 3.8) is 0 Å². The molecule has 0 aliphatic heterocycles. The highest BCUT2D eigenvalue weighted by molar-refractivity contribution is 9.10. The van der Waals surface area contributed by atoms with Gasteiger partial charge in [0, 0.05) is 32.7 Å². The Morgan fingerprint density at radius 3 is 2.03 bits per heavy atom. The summed E-state index contributed by atoms with van der Waals surface area (Å²) in [7, 11) is -4.13. The van der Waals surface area contributed by atoms with Crippen LogP contribution in [-0.4, -0.2) is 43.8 Å². The molecule has 38 heavy (non-hydrogen) atoms. The Morgan fingerprint density at radius 1 is 0.895 bits per heavy atom. The van der Waals surface area contributed by atoms with Crippen molar-refractivity contribution < 1.29 is 18.0 Å². The maximum absolute atomic E-state index is 13.9. The van der Waals surface area contributed by atoms with Crippen molar-refractivity contribution >= 4 is 66.7 Å². The van der Waals surface area contributed by atoms with E-state index in [-0.39, 0.29) is 17.5 Å². The Bertz CT molecular complexity index is 1370. The van der Waals surface area contributed by atoms with Gasteiger partial charge < -0.3 is 10.2 Å². The molecule has 0 radical (unpaired) electrons. The zero-order chi connectivity index (χ0) is 28.0. The van der Waals surface area contributed by atoms with Crippen LogP contribution >= 0.6 is 39.1 Å². The van der Waals surface area contributed by atoms with E-state index < -0.39 is 34.4 Å². The Hall–Kier alpha value is -2.59. The van der Waals surface area contributed by atoms with Crippen LogP contribution in [0.2, 0.25) is 10.0 Å². The summed E-state index contributed by atoms with van der Waals surface area (Å²) in [5.41, 5.74) is 0.745. The minimum Gasteiger partial charge on any atom is -0.352 e. The molecular weight excluding hydrogens is 613 g/mol. The summed E-state index contributed by atoms with van der Waals surface area (Å²) in [5.74, 6) is -0.993. The van der Waals surface area contributed by atoms with Crippen LogP contribution in [0.4, 0.5) is 5.69 Å². The molecule has 0 aliphatic rings. The number of hydrogen-bond acceptors (Lipinski definition) is 4. The van der Waals surface area contributed by atoms with E-state index in [0.717, 1.165) is 8.78 Å². The summed E-state index contributed by atoms with van der Waals surface area (Å²) in [4.78, 5) is 28.2. The van der Waals surface area contributed by atoms with E-state index in [4.69, 9.17) is 23.2 Å². The van der Waals surface area contributed by atoms with Gasteiger partial charge in [0.05, 0.1) is 10.6 Å². The Kier molecular flexibility index (Phi) is 10.2. The molecule has 0 heterocycles. The predicted molar refractivity (Wildman–Crippen MR) is 155 cm³/mol. The van der Waals surface area contributed by atoms with Gasteiger partial charge in [-0.25, -0.2) is 8.42 Å². The van der Waals surface area contributed by atoms with Crippen LogP contribution in [0.15, 0.2) is 82.2 Å². The van der Waals surface area contributed by atoms with E-state index in [9.17, 15) is 18.0 Å². The number of benzene rings is 3. The monoisotopic (exact) mass is 639 g/mol. The number of amides is 2. The lowest BCUT2D eigenvalue weighted by molar-refractivity contribution is -0.139. The van der Waals surface area contributed by atoms with Crippen LogP contribution in [0.1, 0.15) is 26.3 Å². The summed E-state index contributed by atoms with van der Waals surface area (Å²) < 4.78 is 29.2. The molecule has 11 heteroatoms. The number of hydrogen-bond donors (Lipinski definition) is 1. The van der Waals surface area contributed by atoms with Crippen LogP contribution in [0, 0.1) is 0 Å². The second-order valence-electron chi connectivity index (χ2n) is 8.86. The smallest absolute Gasteiger partial charge is 0.264 e. The van der Waals surface area contributed by atoms with Crippen molar-refractivity contribution in [1.82, 2.24) is 10.2 Å². The van der Waals surface area contributed by atoms with Crippen LogP contribution in [0.5, 0.6) is 0 Å². The molecule has 2 amide bonds. The Balaban J connectivity index is 2.05. The first-order valence-electron chi connectivity index (χ1n) is 11.8. The third kappa shape index (κ3) is 7.28. The number of halogens is 3. The summed E-state index contributed by atoms with van der Waals surface area (Å²) in [6, 6.07) is 18.3. The molecule has 0 unspecified atom stereocenters. The summed E-state index contributed by atoms with van der Waals surface area (Å²) in [6.07, 6.45) is 0. The fourth-order valence-corrected chi connectivity index (χ4v) is 5.91. The SMILES string of the molecule is CC(C)NC(=O)[C@@H](C)N(Cc1c(Cl)cccc1Cl)C(=O)CN(c1ccc(Br)cc1)S(=O)(=O)c1ccccc1. The molecule has 7 nitrogen and oxygen atoms in total. The number of nitrogens with one attached hydrogen (secondary N) is 1. The molecule has 0 saturated heterocycles. The number of rotatable bonds is 10. The van der Waals surface area contributed by atoms with Gasteiger partial charge in [-0.2, -0.15) is 0 Å². The van der Waals surface area contributed by atoms with Crippen LogP contribution < -0.4 is 9.62 Å². The topological polar surface area (TPSA) is 86.8 Å². The molecule has 0 aromatic heterocycles. The van der Waals surface area contributed by atoms with Crippen LogP contribution in [0.25, 0.3) is 0 Å². The lowest BCUT2D eigenvalue weighted by Crippen LogP contribution is -2.52. The first-order chi connectivity index (χ1) is 17.9. The number of carbonyl (C=O) groups excluding carboxylic acids is 2. The molecule has 3 rings (SSSR count). The molecular formula is C27H28BrCl2N3O4S. The van der Waals surface area contributed by atoms with Gasteiger partial charge in [0.2, 0.25) is 11.8 Å². The van der Waals surface area contributed by atoms with Gasteiger partial charge >= 0.3 is 0 Å². The molecule has 0 spiro atoms. The van der Waals surface area contributed by atoms with E-state index >= 15 is 0 Å². The highest BCUT2D eigenvalue weighted by Crippen LogP contribution is 2.29. The third-order valence-electron chi connectivity index (χ3n) is 5.71. The molecule has 0 aliphatic carbocycles. The lowest BCUT2D eigenvalue weighted by Gasteiger charge is -2.32. The summed E-state index contributed by atoms with van der Waals surface area (Å²) in [6.45, 7) is 4.55. The highest BCUT2D eigenvalue weighted by Gasteiger charge is 2.33.